The molecule has 1 atom stereocenters. The van der Waals surface area contributed by atoms with Gasteiger partial charge in [0.25, 0.3) is 5.91 Å². The first-order chi connectivity index (χ1) is 16.9. The van der Waals surface area contributed by atoms with Gasteiger partial charge in [0.15, 0.2) is 0 Å². The van der Waals surface area contributed by atoms with Gasteiger partial charge in [-0.25, -0.2) is 18.3 Å². The maximum absolute atomic E-state index is 13.2. The van der Waals surface area contributed by atoms with Crippen molar-refractivity contribution in [3.8, 4) is 0 Å². The summed E-state index contributed by atoms with van der Waals surface area (Å²) in [6, 6.07) is 17.8. The fraction of sp³-hybridized carbons (Fsp3) is 0.192. The minimum absolute atomic E-state index is 0.110. The smallest absolute Gasteiger partial charge is 0.253 e. The molecule has 0 N–H and O–H groups in total. The molecule has 2 saturated heterocycles. The molecule has 0 saturated carbocycles. The number of halogens is 1. The van der Waals surface area contributed by atoms with Gasteiger partial charge in [0.2, 0.25) is 15.7 Å². The molecule has 2 fully saturated rings. The van der Waals surface area contributed by atoms with E-state index < -0.39 is 15.7 Å². The Morgan fingerprint density at radius 2 is 1.60 bits per heavy atom. The van der Waals surface area contributed by atoms with Gasteiger partial charge in [0.05, 0.1) is 4.90 Å². The van der Waals surface area contributed by atoms with Crippen LogP contribution in [0.5, 0.6) is 0 Å². The summed E-state index contributed by atoms with van der Waals surface area (Å²) in [6.45, 7) is 1.15. The predicted octanol–water partition coefficient (Wildman–Crippen LogP) is 4.12. The Kier molecular flexibility index (Phi) is 5.23. The summed E-state index contributed by atoms with van der Waals surface area (Å²) in [5.74, 6) is -0.110. The molecule has 3 aromatic rings. The van der Waals surface area contributed by atoms with Crippen molar-refractivity contribution in [2.75, 3.05) is 26.2 Å². The number of nitrogens with zero attached hydrogens (tertiary/aromatic N) is 3. The zero-order valence-corrected chi connectivity index (χ0v) is 20.2. The van der Waals surface area contributed by atoms with Crippen LogP contribution in [0.1, 0.15) is 15.9 Å². The van der Waals surface area contributed by atoms with Gasteiger partial charge in [-0.2, -0.15) is 4.31 Å². The van der Waals surface area contributed by atoms with E-state index in [0.717, 1.165) is 16.3 Å². The second kappa shape index (κ2) is 8.20. The Bertz CT molecular complexity index is 1490. The van der Waals surface area contributed by atoms with Gasteiger partial charge in [-0.1, -0.05) is 41.9 Å². The van der Waals surface area contributed by atoms with E-state index >= 15 is 0 Å². The average Bonchev–Trinajstić information content (AvgIpc) is 3.64. The zero-order valence-electron chi connectivity index (χ0n) is 18.7. The zero-order chi connectivity index (χ0) is 24.2. The second-order valence-electron chi connectivity index (χ2n) is 8.74. The lowest BCUT2D eigenvalue weighted by Crippen LogP contribution is -2.50. The molecule has 0 aromatic heterocycles. The number of hydrogen-bond donors (Lipinski definition) is 0. The standard InChI is InChI=1S/C26H22ClN3O4S/c27-23-9-5-21-18-24(10-6-20(21)17-23)35(32,33)29-15-13-28(14-16-29)25(31)19-3-7-22(8-4-19)26-11-1-2-12-30(26)34-26/h1-12,17-18H,13-16H2. The fourth-order valence-corrected chi connectivity index (χ4v) is 6.27. The molecule has 0 radical (unpaired) electrons. The van der Waals surface area contributed by atoms with Crippen molar-refractivity contribution in [1.29, 1.82) is 0 Å². The summed E-state index contributed by atoms with van der Waals surface area (Å²) in [4.78, 5) is 20.7. The molecule has 35 heavy (non-hydrogen) atoms. The number of sulfonamides is 1. The van der Waals surface area contributed by atoms with Gasteiger partial charge >= 0.3 is 0 Å². The average molecular weight is 508 g/mol. The minimum Gasteiger partial charge on any atom is -0.336 e. The summed E-state index contributed by atoms with van der Waals surface area (Å²) in [5.41, 5.74) is 0.950. The number of amides is 1. The number of hydrogen-bond acceptors (Lipinski definition) is 5. The number of rotatable bonds is 4. The normalized spacial score (nSPS) is 21.9. The minimum atomic E-state index is -3.67. The number of benzene rings is 3. The first kappa shape index (κ1) is 22.3. The molecule has 3 heterocycles. The number of fused-ring (bicyclic) bond motifs is 2. The molecule has 0 aliphatic carbocycles. The van der Waals surface area contributed by atoms with Gasteiger partial charge < -0.3 is 4.90 Å². The topological polar surface area (TPSA) is 73.2 Å². The lowest BCUT2D eigenvalue weighted by Gasteiger charge is -2.34. The number of piperazine rings is 1. The largest absolute Gasteiger partial charge is 0.336 e. The van der Waals surface area contributed by atoms with E-state index in [-0.39, 0.29) is 23.9 Å². The van der Waals surface area contributed by atoms with Gasteiger partial charge in [-0.05, 0) is 59.3 Å². The Labute approximate surface area is 208 Å². The van der Waals surface area contributed by atoms with Crippen molar-refractivity contribution >= 4 is 38.3 Å². The van der Waals surface area contributed by atoms with Crippen LogP contribution in [-0.4, -0.2) is 54.8 Å². The van der Waals surface area contributed by atoms with E-state index in [9.17, 15) is 13.2 Å². The number of carbonyl (C=O) groups excluding carboxylic acids is 1. The summed E-state index contributed by atoms with van der Waals surface area (Å²) in [6.07, 6.45) is 7.66. The molecule has 3 aromatic carbocycles. The Balaban J connectivity index is 1.13. The van der Waals surface area contributed by atoms with Crippen LogP contribution in [0.2, 0.25) is 5.02 Å². The Morgan fingerprint density at radius 3 is 2.34 bits per heavy atom. The summed E-state index contributed by atoms with van der Waals surface area (Å²) in [7, 11) is -3.67. The van der Waals surface area contributed by atoms with Crippen LogP contribution in [0.25, 0.3) is 10.8 Å². The van der Waals surface area contributed by atoms with E-state index in [0.29, 0.717) is 23.7 Å². The van der Waals surface area contributed by atoms with Gasteiger partial charge in [0.1, 0.15) is 0 Å². The van der Waals surface area contributed by atoms with Crippen molar-refractivity contribution in [3.63, 3.8) is 0 Å². The summed E-state index contributed by atoms with van der Waals surface area (Å²) in [5, 5.41) is 4.06. The predicted molar refractivity (Wildman–Crippen MR) is 133 cm³/mol. The second-order valence-corrected chi connectivity index (χ2v) is 11.1. The van der Waals surface area contributed by atoms with Crippen molar-refractivity contribution < 1.29 is 18.0 Å². The molecular formula is C26H22ClN3O4S. The molecule has 1 amide bonds. The van der Waals surface area contributed by atoms with E-state index in [1.807, 2.05) is 42.6 Å². The molecule has 1 unspecified atom stereocenters. The SMILES string of the molecule is O=C(c1ccc(C23C=CC=CN2O3)cc1)N1CCN(S(=O)(=O)c2ccc3cc(Cl)ccc3c2)CC1. The third-order valence-corrected chi connectivity index (χ3v) is 8.80. The molecule has 6 rings (SSSR count). The van der Waals surface area contributed by atoms with Crippen LogP contribution in [0, 0.1) is 0 Å². The number of hydroxylamine groups is 2. The van der Waals surface area contributed by atoms with Crippen LogP contribution in [0.3, 0.4) is 0 Å². The molecule has 3 aliphatic rings. The van der Waals surface area contributed by atoms with E-state index in [4.69, 9.17) is 16.4 Å². The highest BCUT2D eigenvalue weighted by atomic mass is 35.5. The maximum atomic E-state index is 13.2. The Morgan fingerprint density at radius 1 is 0.886 bits per heavy atom. The highest BCUT2D eigenvalue weighted by Crippen LogP contribution is 2.47. The lowest BCUT2D eigenvalue weighted by molar-refractivity contribution is 0.0698. The first-order valence-corrected chi connectivity index (χ1v) is 13.1. The Hall–Kier alpha value is -3.17. The quantitative estimate of drug-likeness (QED) is 0.497. The van der Waals surface area contributed by atoms with Crippen LogP contribution >= 0.6 is 11.6 Å². The molecule has 178 valence electrons. The third kappa shape index (κ3) is 3.83. The van der Waals surface area contributed by atoms with Crippen LogP contribution in [0.15, 0.2) is 90.0 Å². The number of carbonyl (C=O) groups is 1. The van der Waals surface area contributed by atoms with Gasteiger partial charge in [0, 0.05) is 48.5 Å². The highest BCUT2D eigenvalue weighted by molar-refractivity contribution is 7.89. The van der Waals surface area contributed by atoms with Gasteiger partial charge in [-0.15, -0.1) is 0 Å². The molecule has 9 heteroatoms. The first-order valence-electron chi connectivity index (χ1n) is 11.3. The van der Waals surface area contributed by atoms with Crippen LogP contribution in [0.4, 0.5) is 0 Å². The van der Waals surface area contributed by atoms with Crippen molar-refractivity contribution in [2.24, 2.45) is 0 Å². The van der Waals surface area contributed by atoms with Gasteiger partial charge in [-0.3, -0.25) is 4.79 Å². The van der Waals surface area contributed by atoms with Crippen molar-refractivity contribution in [1.82, 2.24) is 14.3 Å². The lowest BCUT2D eigenvalue weighted by atomic mass is 10.0. The maximum Gasteiger partial charge on any atom is 0.253 e. The fourth-order valence-electron chi connectivity index (χ4n) is 4.63. The molecule has 3 aliphatic heterocycles. The monoisotopic (exact) mass is 507 g/mol. The van der Waals surface area contributed by atoms with Crippen molar-refractivity contribution in [3.05, 3.63) is 101 Å². The van der Waals surface area contributed by atoms with Crippen LogP contribution in [-0.2, 0) is 20.6 Å². The van der Waals surface area contributed by atoms with E-state index in [1.165, 1.54) is 4.31 Å². The van der Waals surface area contributed by atoms with E-state index in [1.54, 1.807) is 52.4 Å². The third-order valence-electron chi connectivity index (χ3n) is 6.67. The number of allylic oxidation sites excluding steroid dienone is 2. The molecule has 0 spiro atoms. The summed E-state index contributed by atoms with van der Waals surface area (Å²) >= 11 is 6.03. The van der Waals surface area contributed by atoms with Crippen LogP contribution < -0.4 is 0 Å². The van der Waals surface area contributed by atoms with E-state index in [2.05, 4.69) is 0 Å². The highest BCUT2D eigenvalue weighted by Gasteiger charge is 2.54. The molecule has 7 nitrogen and oxygen atoms in total. The van der Waals surface area contributed by atoms with Crippen molar-refractivity contribution in [2.45, 2.75) is 10.6 Å². The molecular weight excluding hydrogens is 486 g/mol. The molecule has 0 bridgehead atoms. The summed E-state index contributed by atoms with van der Waals surface area (Å²) < 4.78 is 27.9.